The van der Waals surface area contributed by atoms with Crippen LogP contribution < -0.4 is 14.8 Å². The molecule has 0 bridgehead atoms. The number of nitrogens with one attached hydrogen (secondary N) is 1. The zero-order valence-corrected chi connectivity index (χ0v) is 16.1. The standard InChI is InChI=1S/C21H21F2N3O3/c1-13(25-20(27)21(2,22)23)12-29-17-4-5-18-15(10-17)11-24-26(18)16-3-6-19-14(9-16)7-8-28-19/h3-6,9-11,13H,7-8,12H2,1-2H3,(H,25,27). The average molecular weight is 401 g/mol. The van der Waals surface area contributed by atoms with Crippen LogP contribution in [0.4, 0.5) is 8.78 Å². The summed E-state index contributed by atoms with van der Waals surface area (Å²) in [5.74, 6) is -3.23. The van der Waals surface area contributed by atoms with Gasteiger partial charge in [-0.15, -0.1) is 0 Å². The highest BCUT2D eigenvalue weighted by Gasteiger charge is 2.32. The molecule has 1 amide bonds. The molecule has 0 fully saturated rings. The number of halogens is 2. The molecule has 152 valence electrons. The van der Waals surface area contributed by atoms with Crippen LogP contribution in [0.25, 0.3) is 16.6 Å². The molecule has 0 spiro atoms. The predicted octanol–water partition coefficient (Wildman–Crippen LogP) is 3.50. The number of ether oxygens (including phenoxy) is 2. The largest absolute Gasteiger partial charge is 0.493 e. The Bertz CT molecular complexity index is 1060. The molecule has 2 heterocycles. The van der Waals surface area contributed by atoms with E-state index in [4.69, 9.17) is 9.47 Å². The minimum absolute atomic E-state index is 0.0757. The molecule has 1 aliphatic heterocycles. The van der Waals surface area contributed by atoms with Crippen LogP contribution in [0.15, 0.2) is 42.6 Å². The van der Waals surface area contributed by atoms with Gasteiger partial charge < -0.3 is 14.8 Å². The van der Waals surface area contributed by atoms with Crippen molar-refractivity contribution < 1.29 is 23.0 Å². The Morgan fingerprint density at radius 1 is 1.34 bits per heavy atom. The molecule has 1 atom stereocenters. The van der Waals surface area contributed by atoms with Gasteiger partial charge in [-0.1, -0.05) is 0 Å². The van der Waals surface area contributed by atoms with Gasteiger partial charge in [-0.05, 0) is 48.9 Å². The molecule has 0 saturated heterocycles. The second kappa shape index (κ2) is 7.35. The number of aromatic nitrogens is 2. The van der Waals surface area contributed by atoms with Crippen molar-refractivity contribution in [3.05, 3.63) is 48.2 Å². The van der Waals surface area contributed by atoms with Gasteiger partial charge >= 0.3 is 5.92 Å². The SMILES string of the molecule is CC(COc1ccc2c(cnn2-c2ccc3c(c2)CCO3)c1)NC(=O)C(C)(F)F. The maximum Gasteiger partial charge on any atom is 0.321 e. The molecular formula is C21H21F2N3O3. The summed E-state index contributed by atoms with van der Waals surface area (Å²) in [6, 6.07) is 11.0. The molecule has 3 aromatic rings. The minimum atomic E-state index is -3.41. The van der Waals surface area contributed by atoms with Crippen LogP contribution in [0.1, 0.15) is 19.4 Å². The van der Waals surface area contributed by atoms with Crippen molar-refractivity contribution in [1.82, 2.24) is 15.1 Å². The summed E-state index contributed by atoms with van der Waals surface area (Å²) in [6.07, 6.45) is 2.63. The number of benzene rings is 2. The smallest absolute Gasteiger partial charge is 0.321 e. The van der Waals surface area contributed by atoms with Crippen molar-refractivity contribution >= 4 is 16.8 Å². The highest BCUT2D eigenvalue weighted by Crippen LogP contribution is 2.29. The number of rotatable bonds is 6. The lowest BCUT2D eigenvalue weighted by Crippen LogP contribution is -2.44. The van der Waals surface area contributed by atoms with Gasteiger partial charge in [0.2, 0.25) is 0 Å². The molecular weight excluding hydrogens is 380 g/mol. The van der Waals surface area contributed by atoms with Crippen LogP contribution in [-0.2, 0) is 11.2 Å². The maximum absolute atomic E-state index is 13.0. The highest BCUT2D eigenvalue weighted by molar-refractivity contribution is 5.83. The van der Waals surface area contributed by atoms with Crippen molar-refractivity contribution in [3.8, 4) is 17.2 Å². The number of nitrogens with zero attached hydrogens (tertiary/aromatic N) is 2. The lowest BCUT2D eigenvalue weighted by molar-refractivity contribution is -0.143. The molecule has 1 N–H and O–H groups in total. The topological polar surface area (TPSA) is 65.4 Å². The Morgan fingerprint density at radius 2 is 2.17 bits per heavy atom. The van der Waals surface area contributed by atoms with Crippen molar-refractivity contribution in [1.29, 1.82) is 0 Å². The number of amides is 1. The maximum atomic E-state index is 13.0. The molecule has 2 aromatic carbocycles. The Morgan fingerprint density at radius 3 is 2.97 bits per heavy atom. The van der Waals surface area contributed by atoms with E-state index in [0.717, 1.165) is 28.8 Å². The van der Waals surface area contributed by atoms with Crippen LogP contribution >= 0.6 is 0 Å². The molecule has 29 heavy (non-hydrogen) atoms. The van der Waals surface area contributed by atoms with Crippen molar-refractivity contribution in [3.63, 3.8) is 0 Å². The first-order valence-electron chi connectivity index (χ1n) is 9.37. The lowest BCUT2D eigenvalue weighted by Gasteiger charge is -2.17. The molecule has 8 heteroatoms. The van der Waals surface area contributed by atoms with E-state index in [1.54, 1.807) is 19.2 Å². The van der Waals surface area contributed by atoms with Crippen LogP contribution in [0.3, 0.4) is 0 Å². The second-order valence-electron chi connectivity index (χ2n) is 7.24. The molecule has 1 aliphatic rings. The summed E-state index contributed by atoms with van der Waals surface area (Å²) >= 11 is 0. The Kier molecular flexibility index (Phi) is 4.86. The van der Waals surface area contributed by atoms with E-state index in [1.807, 2.05) is 28.9 Å². The molecule has 1 aromatic heterocycles. The quantitative estimate of drug-likeness (QED) is 0.687. The summed E-state index contributed by atoms with van der Waals surface area (Å²) in [7, 11) is 0. The molecule has 1 unspecified atom stereocenters. The number of fused-ring (bicyclic) bond motifs is 2. The monoisotopic (exact) mass is 401 g/mol. The van der Waals surface area contributed by atoms with Crippen LogP contribution in [0.5, 0.6) is 11.5 Å². The van der Waals surface area contributed by atoms with E-state index in [9.17, 15) is 13.6 Å². The Balaban J connectivity index is 1.46. The van der Waals surface area contributed by atoms with Gasteiger partial charge in [-0.25, -0.2) is 4.68 Å². The summed E-state index contributed by atoms with van der Waals surface area (Å²) in [6.45, 7) is 2.95. The van der Waals surface area contributed by atoms with Gasteiger partial charge in [0.25, 0.3) is 5.91 Å². The van der Waals surface area contributed by atoms with Crippen LogP contribution in [-0.4, -0.2) is 40.9 Å². The first kappa shape index (κ1) is 19.2. The fourth-order valence-electron chi connectivity index (χ4n) is 3.22. The van der Waals surface area contributed by atoms with Gasteiger partial charge in [-0.2, -0.15) is 13.9 Å². The van der Waals surface area contributed by atoms with Crippen molar-refractivity contribution in [2.75, 3.05) is 13.2 Å². The summed E-state index contributed by atoms with van der Waals surface area (Å²) < 4.78 is 39.0. The van der Waals surface area contributed by atoms with E-state index in [-0.39, 0.29) is 6.61 Å². The number of hydrogen-bond donors (Lipinski definition) is 1. The fourth-order valence-corrected chi connectivity index (χ4v) is 3.22. The Hall–Kier alpha value is -3.16. The van der Waals surface area contributed by atoms with Crippen molar-refractivity contribution in [2.24, 2.45) is 0 Å². The molecule has 4 rings (SSSR count). The molecule has 0 radical (unpaired) electrons. The first-order valence-corrected chi connectivity index (χ1v) is 9.37. The zero-order valence-electron chi connectivity index (χ0n) is 16.1. The lowest BCUT2D eigenvalue weighted by atomic mass is 10.1. The van der Waals surface area contributed by atoms with E-state index < -0.39 is 17.9 Å². The number of carbonyl (C=O) groups is 1. The van der Waals surface area contributed by atoms with Gasteiger partial charge in [0.1, 0.15) is 18.1 Å². The molecule has 0 saturated carbocycles. The van der Waals surface area contributed by atoms with E-state index in [1.165, 1.54) is 5.56 Å². The number of hydrogen-bond acceptors (Lipinski definition) is 4. The minimum Gasteiger partial charge on any atom is -0.493 e. The number of alkyl halides is 2. The first-order chi connectivity index (χ1) is 13.8. The van der Waals surface area contributed by atoms with Gasteiger partial charge in [-0.3, -0.25) is 4.79 Å². The van der Waals surface area contributed by atoms with E-state index in [2.05, 4.69) is 16.5 Å². The molecule has 6 nitrogen and oxygen atoms in total. The van der Waals surface area contributed by atoms with E-state index >= 15 is 0 Å². The summed E-state index contributed by atoms with van der Waals surface area (Å²) in [4.78, 5) is 11.3. The summed E-state index contributed by atoms with van der Waals surface area (Å²) in [5, 5.41) is 7.59. The van der Waals surface area contributed by atoms with Crippen molar-refractivity contribution in [2.45, 2.75) is 32.2 Å². The van der Waals surface area contributed by atoms with Gasteiger partial charge in [0.05, 0.1) is 30.0 Å². The Labute approximate surface area is 166 Å². The third-order valence-electron chi connectivity index (χ3n) is 4.73. The number of carbonyl (C=O) groups excluding carboxylic acids is 1. The highest BCUT2D eigenvalue weighted by atomic mass is 19.3. The van der Waals surface area contributed by atoms with Crippen LogP contribution in [0, 0.1) is 0 Å². The third-order valence-corrected chi connectivity index (χ3v) is 4.73. The fraction of sp³-hybridized carbons (Fsp3) is 0.333. The van der Waals surface area contributed by atoms with Gasteiger partial charge in [0, 0.05) is 18.7 Å². The zero-order chi connectivity index (χ0) is 20.6. The second-order valence-corrected chi connectivity index (χ2v) is 7.24. The predicted molar refractivity (Wildman–Crippen MR) is 104 cm³/mol. The van der Waals surface area contributed by atoms with E-state index in [0.29, 0.717) is 19.3 Å². The third kappa shape index (κ3) is 4.01. The summed E-state index contributed by atoms with van der Waals surface area (Å²) in [5.41, 5.74) is 3.04. The van der Waals surface area contributed by atoms with Crippen LogP contribution in [0.2, 0.25) is 0 Å². The van der Waals surface area contributed by atoms with Gasteiger partial charge in [0.15, 0.2) is 0 Å². The average Bonchev–Trinajstić information content (AvgIpc) is 3.31. The molecule has 0 aliphatic carbocycles. The normalized spacial score (nSPS) is 14.3.